The third kappa shape index (κ3) is 2.05. The number of aliphatic hydroxyl groups is 1. The summed E-state index contributed by atoms with van der Waals surface area (Å²) in [5.74, 6) is 1.36. The van der Waals surface area contributed by atoms with Crippen LogP contribution in [0.2, 0.25) is 5.02 Å². The molecule has 0 radical (unpaired) electrons. The van der Waals surface area contributed by atoms with Gasteiger partial charge in [-0.2, -0.15) is 0 Å². The third-order valence-electron chi connectivity index (χ3n) is 2.05. The lowest BCUT2D eigenvalue weighted by atomic mass is 10.1. The molecule has 0 spiro atoms. The molecule has 3 nitrogen and oxygen atoms in total. The molecule has 0 aliphatic rings. The second-order valence-electron chi connectivity index (χ2n) is 3.08. The highest BCUT2D eigenvalue weighted by Gasteiger charge is 2.17. The number of rotatable bonds is 3. The van der Waals surface area contributed by atoms with Gasteiger partial charge in [0.05, 0.1) is 11.1 Å². The predicted octanol–water partition coefficient (Wildman–Crippen LogP) is 1.93. The summed E-state index contributed by atoms with van der Waals surface area (Å²) in [6, 6.07) is -0.267. The molecule has 1 unspecified atom stereocenters. The highest BCUT2D eigenvalue weighted by Crippen LogP contribution is 2.30. The fourth-order valence-corrected chi connectivity index (χ4v) is 1.41. The normalized spacial score (nSPS) is 13.3. The van der Waals surface area contributed by atoms with E-state index in [0.717, 1.165) is 5.56 Å². The second kappa shape index (κ2) is 4.13. The molecular weight excluding hydrogens is 190 g/mol. The van der Waals surface area contributed by atoms with Gasteiger partial charge in [0.15, 0.2) is 0 Å². The topological polar surface area (TPSA) is 59.4 Å². The molecule has 3 N–H and O–H groups in total. The van der Waals surface area contributed by atoms with Gasteiger partial charge in [-0.05, 0) is 20.3 Å². The molecule has 1 heterocycles. The van der Waals surface area contributed by atoms with Crippen LogP contribution in [0, 0.1) is 13.8 Å². The van der Waals surface area contributed by atoms with Crippen molar-refractivity contribution in [1.29, 1.82) is 0 Å². The summed E-state index contributed by atoms with van der Waals surface area (Å²) < 4.78 is 5.39. The van der Waals surface area contributed by atoms with E-state index in [-0.39, 0.29) is 12.6 Å². The summed E-state index contributed by atoms with van der Waals surface area (Å²) in [7, 11) is 0. The SMILES string of the molecule is Cc1oc(C(N)CCO)c(C)c1Cl. The van der Waals surface area contributed by atoms with Crippen LogP contribution in [0.25, 0.3) is 0 Å². The molecule has 0 saturated carbocycles. The Kier molecular flexibility index (Phi) is 3.36. The molecule has 0 saturated heterocycles. The van der Waals surface area contributed by atoms with Gasteiger partial charge in [0.1, 0.15) is 11.5 Å². The summed E-state index contributed by atoms with van der Waals surface area (Å²) in [5.41, 5.74) is 6.65. The van der Waals surface area contributed by atoms with Crippen LogP contribution in [0.4, 0.5) is 0 Å². The maximum atomic E-state index is 8.71. The van der Waals surface area contributed by atoms with Gasteiger partial charge < -0.3 is 15.3 Å². The number of furan rings is 1. The molecular formula is C9H14ClNO2. The molecule has 0 aliphatic heterocycles. The lowest BCUT2D eigenvalue weighted by molar-refractivity contribution is 0.267. The minimum Gasteiger partial charge on any atom is -0.463 e. The smallest absolute Gasteiger partial charge is 0.125 e. The average molecular weight is 204 g/mol. The van der Waals surface area contributed by atoms with E-state index in [4.69, 9.17) is 26.9 Å². The Labute approximate surface area is 82.5 Å². The van der Waals surface area contributed by atoms with Gasteiger partial charge in [-0.1, -0.05) is 11.6 Å². The minimum absolute atomic E-state index is 0.0535. The first-order valence-corrected chi connectivity index (χ1v) is 4.57. The van der Waals surface area contributed by atoms with Crippen LogP contribution in [-0.2, 0) is 0 Å². The first-order valence-electron chi connectivity index (χ1n) is 4.19. The fraction of sp³-hybridized carbons (Fsp3) is 0.556. The molecule has 1 rings (SSSR count). The molecule has 4 heteroatoms. The number of hydrogen-bond donors (Lipinski definition) is 2. The van der Waals surface area contributed by atoms with Crippen LogP contribution < -0.4 is 5.73 Å². The zero-order valence-electron chi connectivity index (χ0n) is 7.80. The number of aryl methyl sites for hydroxylation is 1. The predicted molar refractivity (Wildman–Crippen MR) is 51.8 cm³/mol. The first kappa shape index (κ1) is 10.6. The van der Waals surface area contributed by atoms with Crippen molar-refractivity contribution in [3.8, 4) is 0 Å². The van der Waals surface area contributed by atoms with Gasteiger partial charge in [0, 0.05) is 12.2 Å². The van der Waals surface area contributed by atoms with Crippen LogP contribution in [0.5, 0.6) is 0 Å². The van der Waals surface area contributed by atoms with E-state index >= 15 is 0 Å². The molecule has 74 valence electrons. The van der Waals surface area contributed by atoms with E-state index in [0.29, 0.717) is 23.0 Å². The average Bonchev–Trinajstić information content (AvgIpc) is 2.33. The van der Waals surface area contributed by atoms with Crippen molar-refractivity contribution < 1.29 is 9.52 Å². The van der Waals surface area contributed by atoms with Crippen molar-refractivity contribution in [2.24, 2.45) is 5.73 Å². The Bertz CT molecular complexity index is 296. The van der Waals surface area contributed by atoms with Crippen molar-refractivity contribution in [2.75, 3.05) is 6.61 Å². The molecule has 1 atom stereocenters. The van der Waals surface area contributed by atoms with Gasteiger partial charge in [-0.15, -0.1) is 0 Å². The Morgan fingerprint density at radius 2 is 2.15 bits per heavy atom. The van der Waals surface area contributed by atoms with Gasteiger partial charge in [-0.3, -0.25) is 0 Å². The summed E-state index contributed by atoms with van der Waals surface area (Å²) in [5, 5.41) is 9.34. The maximum Gasteiger partial charge on any atom is 0.125 e. The van der Waals surface area contributed by atoms with Crippen molar-refractivity contribution in [3.05, 3.63) is 22.1 Å². The molecule has 1 aromatic heterocycles. The Morgan fingerprint density at radius 3 is 2.54 bits per heavy atom. The van der Waals surface area contributed by atoms with Crippen LogP contribution in [-0.4, -0.2) is 11.7 Å². The standard InChI is InChI=1S/C9H14ClNO2/c1-5-8(10)6(2)13-9(5)7(11)3-4-12/h7,12H,3-4,11H2,1-2H3. The quantitative estimate of drug-likeness (QED) is 0.789. The fourth-order valence-electron chi connectivity index (χ4n) is 1.28. The summed E-state index contributed by atoms with van der Waals surface area (Å²) in [6.45, 7) is 3.72. The first-order chi connectivity index (χ1) is 6.07. The molecule has 13 heavy (non-hydrogen) atoms. The van der Waals surface area contributed by atoms with E-state index in [2.05, 4.69) is 0 Å². The van der Waals surface area contributed by atoms with Crippen molar-refractivity contribution >= 4 is 11.6 Å². The molecule has 0 aliphatic carbocycles. The van der Waals surface area contributed by atoms with Crippen LogP contribution in [0.3, 0.4) is 0 Å². The highest BCUT2D eigenvalue weighted by atomic mass is 35.5. The summed E-state index contributed by atoms with van der Waals surface area (Å²) >= 11 is 5.93. The monoisotopic (exact) mass is 203 g/mol. The highest BCUT2D eigenvalue weighted by molar-refractivity contribution is 6.32. The lowest BCUT2D eigenvalue weighted by Gasteiger charge is -2.07. The van der Waals surface area contributed by atoms with E-state index in [9.17, 15) is 0 Å². The van der Waals surface area contributed by atoms with Crippen molar-refractivity contribution in [2.45, 2.75) is 26.3 Å². The van der Waals surface area contributed by atoms with Crippen molar-refractivity contribution in [3.63, 3.8) is 0 Å². The van der Waals surface area contributed by atoms with E-state index in [1.807, 2.05) is 6.92 Å². The second-order valence-corrected chi connectivity index (χ2v) is 3.46. The van der Waals surface area contributed by atoms with E-state index in [1.54, 1.807) is 6.92 Å². The van der Waals surface area contributed by atoms with Gasteiger partial charge in [0.25, 0.3) is 0 Å². The summed E-state index contributed by atoms with van der Waals surface area (Å²) in [4.78, 5) is 0. The molecule has 0 amide bonds. The largest absolute Gasteiger partial charge is 0.463 e. The van der Waals surface area contributed by atoms with E-state index in [1.165, 1.54) is 0 Å². The van der Waals surface area contributed by atoms with Gasteiger partial charge in [-0.25, -0.2) is 0 Å². The summed E-state index contributed by atoms with van der Waals surface area (Å²) in [6.07, 6.45) is 0.490. The Morgan fingerprint density at radius 1 is 1.54 bits per heavy atom. The Hall–Kier alpha value is -0.510. The van der Waals surface area contributed by atoms with E-state index < -0.39 is 0 Å². The zero-order valence-corrected chi connectivity index (χ0v) is 8.56. The number of aliphatic hydroxyl groups excluding tert-OH is 1. The minimum atomic E-state index is -0.267. The van der Waals surface area contributed by atoms with Crippen LogP contribution in [0.15, 0.2) is 4.42 Å². The maximum absolute atomic E-state index is 8.71. The van der Waals surface area contributed by atoms with Gasteiger partial charge >= 0.3 is 0 Å². The zero-order chi connectivity index (χ0) is 10.0. The van der Waals surface area contributed by atoms with Gasteiger partial charge in [0.2, 0.25) is 0 Å². The molecule has 0 fully saturated rings. The van der Waals surface area contributed by atoms with Crippen LogP contribution in [0.1, 0.15) is 29.5 Å². The molecule has 0 aromatic carbocycles. The number of halogens is 1. The van der Waals surface area contributed by atoms with Crippen LogP contribution >= 0.6 is 11.6 Å². The number of hydrogen-bond acceptors (Lipinski definition) is 3. The third-order valence-corrected chi connectivity index (χ3v) is 2.60. The Balaban J connectivity index is 2.94. The van der Waals surface area contributed by atoms with Crippen molar-refractivity contribution in [1.82, 2.24) is 0 Å². The number of nitrogens with two attached hydrogens (primary N) is 1. The molecule has 1 aromatic rings. The molecule has 0 bridgehead atoms. The lowest BCUT2D eigenvalue weighted by Crippen LogP contribution is -2.12.